The standard InChI is InChI=1S/C15H16O3/c1-10-6-11(2)14(15(7-10)17-3)8-12-4-5-13(9-16)18-12/h4-7,9H,8H2,1-3H3. The van der Waals surface area contributed by atoms with E-state index in [9.17, 15) is 4.79 Å². The molecule has 18 heavy (non-hydrogen) atoms. The lowest BCUT2D eigenvalue weighted by atomic mass is 10.0. The van der Waals surface area contributed by atoms with Crippen molar-refractivity contribution in [1.82, 2.24) is 0 Å². The van der Waals surface area contributed by atoms with Crippen LogP contribution in [0.2, 0.25) is 0 Å². The first kappa shape index (κ1) is 12.4. The van der Waals surface area contributed by atoms with Gasteiger partial charge in [0.25, 0.3) is 0 Å². The third-order valence-electron chi connectivity index (χ3n) is 2.95. The highest BCUT2D eigenvalue weighted by Crippen LogP contribution is 2.27. The highest BCUT2D eigenvalue weighted by Gasteiger charge is 2.11. The molecule has 0 radical (unpaired) electrons. The molecule has 0 aliphatic heterocycles. The lowest BCUT2D eigenvalue weighted by molar-refractivity contribution is 0.109. The van der Waals surface area contributed by atoms with E-state index in [0.717, 1.165) is 22.6 Å². The fourth-order valence-corrected chi connectivity index (χ4v) is 2.09. The zero-order valence-electron chi connectivity index (χ0n) is 10.8. The van der Waals surface area contributed by atoms with E-state index in [1.165, 1.54) is 5.56 Å². The second kappa shape index (κ2) is 5.08. The molecular formula is C15H16O3. The van der Waals surface area contributed by atoms with Gasteiger partial charge < -0.3 is 9.15 Å². The van der Waals surface area contributed by atoms with Crippen molar-refractivity contribution in [1.29, 1.82) is 0 Å². The summed E-state index contributed by atoms with van der Waals surface area (Å²) in [5.74, 6) is 1.98. The molecule has 0 spiro atoms. The Labute approximate surface area is 106 Å². The van der Waals surface area contributed by atoms with Crippen LogP contribution in [0.1, 0.15) is 33.0 Å². The molecule has 3 nitrogen and oxygen atoms in total. The van der Waals surface area contributed by atoms with Crippen LogP contribution in [0.3, 0.4) is 0 Å². The summed E-state index contributed by atoms with van der Waals surface area (Å²) in [7, 11) is 1.66. The molecule has 94 valence electrons. The third-order valence-corrected chi connectivity index (χ3v) is 2.95. The number of ether oxygens (including phenoxy) is 1. The van der Waals surface area contributed by atoms with E-state index in [-0.39, 0.29) is 0 Å². The van der Waals surface area contributed by atoms with Crippen LogP contribution in [-0.2, 0) is 6.42 Å². The van der Waals surface area contributed by atoms with Crippen molar-refractivity contribution < 1.29 is 13.9 Å². The molecule has 0 aliphatic rings. The average molecular weight is 244 g/mol. The summed E-state index contributed by atoms with van der Waals surface area (Å²) in [6.07, 6.45) is 1.34. The van der Waals surface area contributed by atoms with Crippen molar-refractivity contribution in [2.75, 3.05) is 7.11 Å². The van der Waals surface area contributed by atoms with Gasteiger partial charge in [-0.15, -0.1) is 0 Å². The summed E-state index contributed by atoms with van der Waals surface area (Å²) in [6, 6.07) is 7.62. The van der Waals surface area contributed by atoms with Crippen molar-refractivity contribution in [3.05, 3.63) is 52.5 Å². The van der Waals surface area contributed by atoms with Gasteiger partial charge in [-0.3, -0.25) is 4.79 Å². The quantitative estimate of drug-likeness (QED) is 0.774. The minimum Gasteiger partial charge on any atom is -0.496 e. The van der Waals surface area contributed by atoms with Gasteiger partial charge in [0, 0.05) is 12.0 Å². The second-order valence-corrected chi connectivity index (χ2v) is 4.36. The largest absolute Gasteiger partial charge is 0.496 e. The van der Waals surface area contributed by atoms with Gasteiger partial charge in [0.2, 0.25) is 0 Å². The Bertz CT molecular complexity index is 567. The lowest BCUT2D eigenvalue weighted by Crippen LogP contribution is -1.97. The summed E-state index contributed by atoms with van der Waals surface area (Å²) in [6.45, 7) is 4.09. The van der Waals surface area contributed by atoms with Crippen LogP contribution in [0.15, 0.2) is 28.7 Å². The first-order chi connectivity index (χ1) is 8.63. The number of hydrogen-bond acceptors (Lipinski definition) is 3. The summed E-state index contributed by atoms with van der Waals surface area (Å²) in [4.78, 5) is 10.6. The van der Waals surface area contributed by atoms with Crippen molar-refractivity contribution in [2.45, 2.75) is 20.3 Å². The summed E-state index contributed by atoms with van der Waals surface area (Å²) in [5, 5.41) is 0. The lowest BCUT2D eigenvalue weighted by Gasteiger charge is -2.11. The van der Waals surface area contributed by atoms with Crippen molar-refractivity contribution in [3.63, 3.8) is 0 Å². The van der Waals surface area contributed by atoms with Gasteiger partial charge in [-0.2, -0.15) is 0 Å². The number of aryl methyl sites for hydroxylation is 2. The van der Waals surface area contributed by atoms with Crippen molar-refractivity contribution in [2.24, 2.45) is 0 Å². The number of aldehydes is 1. The number of carbonyl (C=O) groups excluding carboxylic acids is 1. The molecule has 2 aromatic rings. The van der Waals surface area contributed by atoms with Gasteiger partial charge in [0.15, 0.2) is 12.0 Å². The first-order valence-electron chi connectivity index (χ1n) is 5.82. The van der Waals surface area contributed by atoms with Gasteiger partial charge in [-0.1, -0.05) is 6.07 Å². The van der Waals surface area contributed by atoms with Gasteiger partial charge in [-0.05, 0) is 43.2 Å². The topological polar surface area (TPSA) is 39.4 Å². The maximum absolute atomic E-state index is 10.6. The van der Waals surface area contributed by atoms with E-state index in [1.807, 2.05) is 19.1 Å². The van der Waals surface area contributed by atoms with Crippen LogP contribution in [0, 0.1) is 13.8 Å². The summed E-state index contributed by atoms with van der Waals surface area (Å²) >= 11 is 0. The van der Waals surface area contributed by atoms with Gasteiger partial charge >= 0.3 is 0 Å². The Morgan fingerprint density at radius 2 is 2.06 bits per heavy atom. The van der Waals surface area contributed by atoms with E-state index in [4.69, 9.17) is 9.15 Å². The fraction of sp³-hybridized carbons (Fsp3) is 0.267. The molecule has 0 aliphatic carbocycles. The average Bonchev–Trinajstić information content (AvgIpc) is 2.80. The minimum absolute atomic E-state index is 0.355. The number of carbonyl (C=O) groups is 1. The fourth-order valence-electron chi connectivity index (χ4n) is 2.09. The molecule has 1 heterocycles. The molecule has 1 aromatic heterocycles. The van der Waals surface area contributed by atoms with Crippen molar-refractivity contribution in [3.8, 4) is 5.75 Å². The van der Waals surface area contributed by atoms with E-state index >= 15 is 0 Å². The molecule has 3 heteroatoms. The highest BCUT2D eigenvalue weighted by molar-refractivity contribution is 5.70. The molecule has 0 saturated heterocycles. The molecule has 0 fully saturated rings. The van der Waals surface area contributed by atoms with Crippen LogP contribution >= 0.6 is 0 Å². The Kier molecular flexibility index (Phi) is 3.51. The Morgan fingerprint density at radius 3 is 2.67 bits per heavy atom. The maximum atomic E-state index is 10.6. The molecule has 0 amide bonds. The van der Waals surface area contributed by atoms with Gasteiger partial charge in [0.05, 0.1) is 7.11 Å². The number of hydrogen-bond donors (Lipinski definition) is 0. The van der Waals surface area contributed by atoms with E-state index < -0.39 is 0 Å². The Balaban J connectivity index is 2.35. The smallest absolute Gasteiger partial charge is 0.185 e. The predicted molar refractivity (Wildman–Crippen MR) is 69.4 cm³/mol. The van der Waals surface area contributed by atoms with Crippen LogP contribution in [0.4, 0.5) is 0 Å². The van der Waals surface area contributed by atoms with Crippen LogP contribution in [0.5, 0.6) is 5.75 Å². The number of benzene rings is 1. The molecule has 0 N–H and O–H groups in total. The number of methoxy groups -OCH3 is 1. The molecule has 0 atom stereocenters. The number of furan rings is 1. The zero-order chi connectivity index (χ0) is 13.1. The normalized spacial score (nSPS) is 10.4. The Morgan fingerprint density at radius 1 is 1.28 bits per heavy atom. The SMILES string of the molecule is COc1cc(C)cc(C)c1Cc1ccc(C=O)o1. The summed E-state index contributed by atoms with van der Waals surface area (Å²) < 4.78 is 10.8. The predicted octanol–water partition coefficient (Wildman–Crippen LogP) is 3.31. The second-order valence-electron chi connectivity index (χ2n) is 4.36. The minimum atomic E-state index is 0.355. The molecule has 0 unspecified atom stereocenters. The van der Waals surface area contributed by atoms with E-state index in [1.54, 1.807) is 13.2 Å². The molecule has 2 rings (SSSR count). The third kappa shape index (κ3) is 2.45. The first-order valence-corrected chi connectivity index (χ1v) is 5.82. The molecule has 0 saturated carbocycles. The zero-order valence-corrected chi connectivity index (χ0v) is 10.8. The van der Waals surface area contributed by atoms with Crippen LogP contribution in [-0.4, -0.2) is 13.4 Å². The van der Waals surface area contributed by atoms with Crippen LogP contribution < -0.4 is 4.74 Å². The molecular weight excluding hydrogens is 228 g/mol. The van der Waals surface area contributed by atoms with Crippen molar-refractivity contribution >= 4 is 6.29 Å². The molecule has 0 bridgehead atoms. The van der Waals surface area contributed by atoms with Gasteiger partial charge in [-0.25, -0.2) is 0 Å². The number of rotatable bonds is 4. The highest BCUT2D eigenvalue weighted by atomic mass is 16.5. The maximum Gasteiger partial charge on any atom is 0.185 e. The molecule has 1 aromatic carbocycles. The summed E-state index contributed by atoms with van der Waals surface area (Å²) in [5.41, 5.74) is 3.42. The van der Waals surface area contributed by atoms with E-state index in [0.29, 0.717) is 18.5 Å². The van der Waals surface area contributed by atoms with Gasteiger partial charge in [0.1, 0.15) is 11.5 Å². The Hall–Kier alpha value is -2.03. The monoisotopic (exact) mass is 244 g/mol. The van der Waals surface area contributed by atoms with E-state index in [2.05, 4.69) is 13.0 Å². The van der Waals surface area contributed by atoms with Crippen LogP contribution in [0.25, 0.3) is 0 Å².